The van der Waals surface area contributed by atoms with Crippen LogP contribution in [0.4, 0.5) is 5.69 Å². The van der Waals surface area contributed by atoms with E-state index in [4.69, 9.17) is 4.74 Å². The van der Waals surface area contributed by atoms with Crippen molar-refractivity contribution in [1.29, 1.82) is 0 Å². The summed E-state index contributed by atoms with van der Waals surface area (Å²) in [6.45, 7) is 6.32. The maximum absolute atomic E-state index is 13.2. The Balaban J connectivity index is 1.81. The van der Waals surface area contributed by atoms with E-state index in [0.29, 0.717) is 23.8 Å². The fourth-order valence-electron chi connectivity index (χ4n) is 3.29. The summed E-state index contributed by atoms with van der Waals surface area (Å²) in [6, 6.07) is 23.8. The molecule has 36 heavy (non-hydrogen) atoms. The second kappa shape index (κ2) is 13.3. The van der Waals surface area contributed by atoms with Crippen LogP contribution >= 0.6 is 11.8 Å². The Morgan fingerprint density at radius 1 is 0.944 bits per heavy atom. The third-order valence-electron chi connectivity index (χ3n) is 5.20. The van der Waals surface area contributed by atoms with E-state index in [9.17, 15) is 14.4 Å². The summed E-state index contributed by atoms with van der Waals surface area (Å²) in [4.78, 5) is 38.5. The van der Waals surface area contributed by atoms with E-state index in [1.165, 1.54) is 17.3 Å². The molecule has 2 N–H and O–H groups in total. The molecule has 0 aliphatic heterocycles. The summed E-state index contributed by atoms with van der Waals surface area (Å²) < 4.78 is 4.96. The van der Waals surface area contributed by atoms with E-state index >= 15 is 0 Å². The third-order valence-corrected chi connectivity index (χ3v) is 6.16. The lowest BCUT2D eigenvalue weighted by Gasteiger charge is -2.12. The monoisotopic (exact) mass is 502 g/mol. The van der Waals surface area contributed by atoms with Crippen molar-refractivity contribution in [3.8, 4) is 0 Å². The lowest BCUT2D eigenvalue weighted by Crippen LogP contribution is -2.30. The van der Waals surface area contributed by atoms with E-state index in [1.54, 1.807) is 55.5 Å². The number of thioether (sulfide) groups is 1. The van der Waals surface area contributed by atoms with Crippen LogP contribution in [0.25, 0.3) is 6.08 Å². The highest BCUT2D eigenvalue weighted by Crippen LogP contribution is 2.22. The molecule has 0 spiro atoms. The standard InChI is InChI=1S/C29H30N2O4S/c1-4-35-27(32)19-36-25-12-8-11-24(18-25)30-29(34)26(31-28(33)23-9-6-5-7-10-23)17-21-13-15-22(16-14-21)20(2)3/h5-18,20H,4,19H2,1-3H3,(H,30,34)(H,31,33)/b26-17+. The van der Waals surface area contributed by atoms with Gasteiger partial charge < -0.3 is 15.4 Å². The number of carbonyl (C=O) groups is 3. The van der Waals surface area contributed by atoms with Crippen molar-refractivity contribution in [2.75, 3.05) is 17.7 Å². The number of hydrogen-bond donors (Lipinski definition) is 2. The molecule has 0 heterocycles. The second-order valence-corrected chi connectivity index (χ2v) is 9.32. The van der Waals surface area contributed by atoms with Gasteiger partial charge in [-0.1, -0.05) is 62.4 Å². The predicted octanol–water partition coefficient (Wildman–Crippen LogP) is 5.87. The zero-order valence-electron chi connectivity index (χ0n) is 20.6. The highest BCUT2D eigenvalue weighted by Gasteiger charge is 2.15. The van der Waals surface area contributed by atoms with Gasteiger partial charge in [0.15, 0.2) is 0 Å². The SMILES string of the molecule is CCOC(=O)CSc1cccc(NC(=O)/C(=C\c2ccc(C(C)C)cc2)NC(=O)c2ccccc2)c1. The smallest absolute Gasteiger partial charge is 0.316 e. The third kappa shape index (κ3) is 8.13. The fraction of sp³-hybridized carbons (Fsp3) is 0.207. The Bertz CT molecular complexity index is 1220. The highest BCUT2D eigenvalue weighted by atomic mass is 32.2. The van der Waals surface area contributed by atoms with E-state index in [2.05, 4.69) is 24.5 Å². The number of rotatable bonds is 10. The van der Waals surface area contributed by atoms with Crippen LogP contribution in [0.1, 0.15) is 48.2 Å². The number of benzene rings is 3. The topological polar surface area (TPSA) is 84.5 Å². The minimum absolute atomic E-state index is 0.116. The number of ether oxygens (including phenoxy) is 1. The number of hydrogen-bond acceptors (Lipinski definition) is 5. The Kier molecular flexibility index (Phi) is 9.89. The van der Waals surface area contributed by atoms with Crippen molar-refractivity contribution in [2.45, 2.75) is 31.6 Å². The molecule has 186 valence electrons. The zero-order chi connectivity index (χ0) is 25.9. The van der Waals surface area contributed by atoms with Crippen LogP contribution in [0.5, 0.6) is 0 Å². The van der Waals surface area contributed by atoms with Crippen molar-refractivity contribution in [1.82, 2.24) is 5.32 Å². The van der Waals surface area contributed by atoms with Crippen LogP contribution < -0.4 is 10.6 Å². The van der Waals surface area contributed by atoms with Crippen LogP contribution in [0.15, 0.2) is 89.5 Å². The van der Waals surface area contributed by atoms with Crippen molar-refractivity contribution in [3.63, 3.8) is 0 Å². The molecule has 0 unspecified atom stereocenters. The minimum atomic E-state index is -0.459. The molecule has 0 fully saturated rings. The van der Waals surface area contributed by atoms with Gasteiger partial charge in [-0.15, -0.1) is 11.8 Å². The van der Waals surface area contributed by atoms with Gasteiger partial charge in [-0.25, -0.2) is 0 Å². The molecule has 0 saturated heterocycles. The highest BCUT2D eigenvalue weighted by molar-refractivity contribution is 8.00. The molecule has 0 aliphatic rings. The lowest BCUT2D eigenvalue weighted by molar-refractivity contribution is -0.139. The summed E-state index contributed by atoms with van der Waals surface area (Å²) in [5.74, 6) is -0.572. The molecular formula is C29H30N2O4S. The van der Waals surface area contributed by atoms with Gasteiger partial charge in [-0.2, -0.15) is 0 Å². The average molecular weight is 503 g/mol. The summed E-state index contributed by atoms with van der Waals surface area (Å²) in [5, 5.41) is 5.60. The van der Waals surface area contributed by atoms with Gasteiger partial charge in [0.25, 0.3) is 11.8 Å². The molecule has 7 heteroatoms. The Morgan fingerprint density at radius 3 is 2.33 bits per heavy atom. The molecule has 0 saturated carbocycles. The summed E-state index contributed by atoms with van der Waals surface area (Å²) >= 11 is 1.32. The molecule has 2 amide bonds. The quantitative estimate of drug-likeness (QED) is 0.206. The number of nitrogens with one attached hydrogen (secondary N) is 2. The predicted molar refractivity (Wildman–Crippen MR) is 145 cm³/mol. The minimum Gasteiger partial charge on any atom is -0.465 e. The van der Waals surface area contributed by atoms with Gasteiger partial charge in [0.1, 0.15) is 5.70 Å². The number of esters is 1. The largest absolute Gasteiger partial charge is 0.465 e. The molecule has 0 aliphatic carbocycles. The van der Waals surface area contributed by atoms with Crippen LogP contribution in [-0.4, -0.2) is 30.1 Å². The first-order chi connectivity index (χ1) is 17.4. The van der Waals surface area contributed by atoms with Crippen molar-refractivity contribution in [2.24, 2.45) is 0 Å². The normalized spacial score (nSPS) is 11.2. The molecule has 0 aromatic heterocycles. The van der Waals surface area contributed by atoms with Crippen LogP contribution in [0.2, 0.25) is 0 Å². The molecule has 0 bridgehead atoms. The fourth-order valence-corrected chi connectivity index (χ4v) is 4.05. The molecule has 3 aromatic rings. The van der Waals surface area contributed by atoms with Gasteiger partial charge >= 0.3 is 5.97 Å². The Morgan fingerprint density at radius 2 is 1.67 bits per heavy atom. The number of carbonyl (C=O) groups excluding carboxylic acids is 3. The second-order valence-electron chi connectivity index (χ2n) is 8.28. The van der Waals surface area contributed by atoms with Crippen LogP contribution in [-0.2, 0) is 14.3 Å². The van der Waals surface area contributed by atoms with Crippen LogP contribution in [0.3, 0.4) is 0 Å². The summed E-state index contributed by atoms with van der Waals surface area (Å²) in [7, 11) is 0. The van der Waals surface area contributed by atoms with Crippen molar-refractivity contribution >= 4 is 41.3 Å². The van der Waals surface area contributed by atoms with Gasteiger partial charge in [0, 0.05) is 16.1 Å². The van der Waals surface area contributed by atoms with Gasteiger partial charge in [-0.05, 0) is 60.4 Å². The average Bonchev–Trinajstić information content (AvgIpc) is 2.88. The zero-order valence-corrected chi connectivity index (χ0v) is 21.4. The summed E-state index contributed by atoms with van der Waals surface area (Å²) in [5.41, 5.74) is 3.08. The maximum Gasteiger partial charge on any atom is 0.316 e. The first-order valence-corrected chi connectivity index (χ1v) is 12.7. The molecule has 3 rings (SSSR count). The first kappa shape index (κ1) is 26.8. The molecule has 3 aromatic carbocycles. The van der Waals surface area contributed by atoms with Crippen LogP contribution in [0, 0.1) is 0 Å². The Hall–Kier alpha value is -3.84. The molecule has 6 nitrogen and oxygen atoms in total. The lowest BCUT2D eigenvalue weighted by atomic mass is 10.0. The van der Waals surface area contributed by atoms with Gasteiger partial charge in [0.05, 0.1) is 12.4 Å². The Labute approximate surface area is 216 Å². The molecular weight excluding hydrogens is 472 g/mol. The van der Waals surface area contributed by atoms with E-state index in [1.807, 2.05) is 36.4 Å². The van der Waals surface area contributed by atoms with Gasteiger partial charge in [0.2, 0.25) is 0 Å². The van der Waals surface area contributed by atoms with E-state index in [-0.39, 0.29) is 23.3 Å². The molecule has 0 radical (unpaired) electrons. The van der Waals surface area contributed by atoms with E-state index < -0.39 is 5.91 Å². The van der Waals surface area contributed by atoms with Gasteiger partial charge in [-0.3, -0.25) is 14.4 Å². The first-order valence-electron chi connectivity index (χ1n) is 11.7. The van der Waals surface area contributed by atoms with Crippen molar-refractivity contribution in [3.05, 3.63) is 101 Å². The van der Waals surface area contributed by atoms with E-state index in [0.717, 1.165) is 10.5 Å². The van der Waals surface area contributed by atoms with Crippen molar-refractivity contribution < 1.29 is 19.1 Å². The maximum atomic E-state index is 13.2. The summed E-state index contributed by atoms with van der Waals surface area (Å²) in [6.07, 6.45) is 1.65. The number of amides is 2. The molecule has 0 atom stereocenters. The number of anilines is 1.